The summed E-state index contributed by atoms with van der Waals surface area (Å²) in [7, 11) is 0. The van der Waals surface area contributed by atoms with E-state index >= 15 is 0 Å². The molecule has 2 aliphatic heterocycles. The zero-order valence-corrected chi connectivity index (χ0v) is 15.2. The van der Waals surface area contributed by atoms with Gasteiger partial charge in [0.1, 0.15) is 0 Å². The summed E-state index contributed by atoms with van der Waals surface area (Å²) >= 11 is 0. The van der Waals surface area contributed by atoms with E-state index in [1.807, 2.05) is 18.2 Å². The van der Waals surface area contributed by atoms with Gasteiger partial charge in [0.25, 0.3) is 5.89 Å². The summed E-state index contributed by atoms with van der Waals surface area (Å²) in [5.74, 6) is 3.32. The molecule has 5 rings (SSSR count). The highest BCUT2D eigenvalue weighted by Crippen LogP contribution is 2.36. The molecule has 6 nitrogen and oxygen atoms in total. The topological polar surface area (TPSA) is 60.6 Å². The molecule has 1 aromatic heterocycles. The van der Waals surface area contributed by atoms with Crippen LogP contribution in [0.3, 0.4) is 0 Å². The van der Waals surface area contributed by atoms with Gasteiger partial charge < -0.3 is 18.9 Å². The van der Waals surface area contributed by atoms with Gasteiger partial charge in [-0.25, -0.2) is 0 Å². The average Bonchev–Trinajstić information content (AvgIpc) is 3.38. The third kappa shape index (κ3) is 3.12. The van der Waals surface area contributed by atoms with Crippen LogP contribution in [0.5, 0.6) is 11.5 Å². The molecule has 3 heterocycles. The molecule has 0 N–H and O–H groups in total. The van der Waals surface area contributed by atoms with Gasteiger partial charge in [0.2, 0.25) is 12.6 Å². The summed E-state index contributed by atoms with van der Waals surface area (Å²) in [5, 5.41) is 4.14. The maximum Gasteiger partial charge on any atom is 0.258 e. The Balaban J connectivity index is 1.35. The van der Waals surface area contributed by atoms with Crippen LogP contribution in [0.15, 0.2) is 47.0 Å². The van der Waals surface area contributed by atoms with E-state index in [1.165, 1.54) is 18.5 Å². The monoisotopic (exact) mass is 363 g/mol. The number of hydrogen-bond acceptors (Lipinski definition) is 6. The maximum absolute atomic E-state index is 5.46. The fraction of sp³-hybridized carbons (Fsp3) is 0.333. The summed E-state index contributed by atoms with van der Waals surface area (Å²) in [6.45, 7) is 4.82. The van der Waals surface area contributed by atoms with Gasteiger partial charge in [-0.05, 0) is 61.2 Å². The number of rotatable bonds is 3. The lowest BCUT2D eigenvalue weighted by molar-refractivity contribution is 0.174. The Bertz CT molecular complexity index is 944. The van der Waals surface area contributed by atoms with Crippen LogP contribution in [0.25, 0.3) is 22.8 Å². The molecular weight excluding hydrogens is 342 g/mol. The maximum atomic E-state index is 5.46. The molecule has 1 fully saturated rings. The van der Waals surface area contributed by atoms with Crippen LogP contribution in [0.1, 0.15) is 19.8 Å². The van der Waals surface area contributed by atoms with Crippen molar-refractivity contribution in [3.8, 4) is 34.3 Å². The minimum absolute atomic E-state index is 0.246. The Labute approximate surface area is 157 Å². The summed E-state index contributed by atoms with van der Waals surface area (Å²) in [6.07, 6.45) is 2.51. The molecule has 0 atom stereocenters. The molecule has 138 valence electrons. The van der Waals surface area contributed by atoms with E-state index in [1.54, 1.807) is 0 Å². The van der Waals surface area contributed by atoms with Gasteiger partial charge in [0.15, 0.2) is 11.5 Å². The van der Waals surface area contributed by atoms with Crippen molar-refractivity contribution in [2.45, 2.75) is 19.8 Å². The zero-order chi connectivity index (χ0) is 18.2. The fourth-order valence-corrected chi connectivity index (χ4v) is 3.58. The molecule has 1 saturated heterocycles. The minimum atomic E-state index is 0.246. The number of anilines is 1. The van der Waals surface area contributed by atoms with Gasteiger partial charge in [-0.3, -0.25) is 0 Å². The number of benzene rings is 2. The number of ether oxygens (including phenoxy) is 2. The lowest BCUT2D eigenvalue weighted by Crippen LogP contribution is -2.32. The number of hydrogen-bond donors (Lipinski definition) is 0. The Hall–Kier alpha value is -3.02. The lowest BCUT2D eigenvalue weighted by Gasteiger charge is -2.32. The number of fused-ring (bicyclic) bond motifs is 1. The molecule has 2 aromatic carbocycles. The Morgan fingerprint density at radius 3 is 2.48 bits per heavy atom. The molecule has 0 radical (unpaired) electrons. The zero-order valence-electron chi connectivity index (χ0n) is 15.2. The Kier molecular flexibility index (Phi) is 3.96. The van der Waals surface area contributed by atoms with Gasteiger partial charge >= 0.3 is 0 Å². The highest BCUT2D eigenvalue weighted by molar-refractivity contribution is 5.65. The van der Waals surface area contributed by atoms with Gasteiger partial charge in [-0.15, -0.1) is 0 Å². The highest BCUT2D eigenvalue weighted by Gasteiger charge is 2.18. The van der Waals surface area contributed by atoms with E-state index in [2.05, 4.69) is 46.2 Å². The third-order valence-electron chi connectivity index (χ3n) is 5.32. The minimum Gasteiger partial charge on any atom is -0.454 e. The van der Waals surface area contributed by atoms with Gasteiger partial charge in [-0.2, -0.15) is 4.98 Å². The van der Waals surface area contributed by atoms with Crippen molar-refractivity contribution in [3.05, 3.63) is 42.5 Å². The predicted octanol–water partition coefficient (Wildman–Crippen LogP) is 4.37. The molecule has 27 heavy (non-hydrogen) atoms. The normalized spacial score (nSPS) is 16.7. The van der Waals surface area contributed by atoms with Crippen LogP contribution in [-0.2, 0) is 0 Å². The van der Waals surface area contributed by atoms with E-state index in [4.69, 9.17) is 14.0 Å². The first-order chi connectivity index (χ1) is 13.3. The molecule has 0 bridgehead atoms. The second kappa shape index (κ2) is 6.61. The molecule has 6 heteroatoms. The molecular formula is C21H21N3O3. The SMILES string of the molecule is CC1CCN(c2ccc(-c3noc(-c4ccc5c(c4)OCO5)n3)cc2)CC1. The van der Waals surface area contributed by atoms with Gasteiger partial charge in [0.05, 0.1) is 0 Å². The first-order valence-electron chi connectivity index (χ1n) is 9.35. The first kappa shape index (κ1) is 16.2. The van der Waals surface area contributed by atoms with Gasteiger partial charge in [-0.1, -0.05) is 12.1 Å². The highest BCUT2D eigenvalue weighted by atomic mass is 16.7. The first-order valence-corrected chi connectivity index (χ1v) is 9.35. The van der Waals surface area contributed by atoms with E-state index in [0.717, 1.165) is 35.9 Å². The number of piperidine rings is 1. The summed E-state index contributed by atoms with van der Waals surface area (Å²) < 4.78 is 16.2. The number of nitrogens with zero attached hydrogens (tertiary/aromatic N) is 3. The third-order valence-corrected chi connectivity index (χ3v) is 5.32. The van der Waals surface area contributed by atoms with E-state index in [-0.39, 0.29) is 6.79 Å². The summed E-state index contributed by atoms with van der Waals surface area (Å²) in [4.78, 5) is 6.98. The lowest BCUT2D eigenvalue weighted by atomic mass is 9.98. The van der Waals surface area contributed by atoms with Crippen LogP contribution in [0.2, 0.25) is 0 Å². The van der Waals surface area contributed by atoms with Crippen molar-refractivity contribution < 1.29 is 14.0 Å². The molecule has 0 aliphatic carbocycles. The van der Waals surface area contributed by atoms with Crippen molar-refractivity contribution in [1.29, 1.82) is 0 Å². The van der Waals surface area contributed by atoms with Crippen molar-refractivity contribution >= 4 is 5.69 Å². The molecule has 0 unspecified atom stereocenters. The average molecular weight is 363 g/mol. The molecule has 2 aliphatic rings. The fourth-order valence-electron chi connectivity index (χ4n) is 3.58. The Morgan fingerprint density at radius 1 is 0.926 bits per heavy atom. The predicted molar refractivity (Wildman–Crippen MR) is 102 cm³/mol. The van der Waals surface area contributed by atoms with Crippen molar-refractivity contribution in [1.82, 2.24) is 10.1 Å². The van der Waals surface area contributed by atoms with E-state index in [9.17, 15) is 0 Å². The molecule has 0 spiro atoms. The quantitative estimate of drug-likeness (QED) is 0.689. The van der Waals surface area contributed by atoms with Crippen LogP contribution >= 0.6 is 0 Å². The smallest absolute Gasteiger partial charge is 0.258 e. The molecule has 3 aromatic rings. The van der Waals surface area contributed by atoms with E-state index in [0.29, 0.717) is 17.5 Å². The van der Waals surface area contributed by atoms with Crippen LogP contribution in [-0.4, -0.2) is 30.0 Å². The Morgan fingerprint density at radius 2 is 1.67 bits per heavy atom. The summed E-state index contributed by atoms with van der Waals surface area (Å²) in [6, 6.07) is 14.0. The van der Waals surface area contributed by atoms with E-state index < -0.39 is 0 Å². The van der Waals surface area contributed by atoms with Crippen LogP contribution in [0, 0.1) is 5.92 Å². The van der Waals surface area contributed by atoms with Crippen LogP contribution in [0.4, 0.5) is 5.69 Å². The van der Waals surface area contributed by atoms with Crippen molar-refractivity contribution in [3.63, 3.8) is 0 Å². The number of aromatic nitrogens is 2. The van der Waals surface area contributed by atoms with Crippen molar-refractivity contribution in [2.24, 2.45) is 5.92 Å². The molecule has 0 saturated carbocycles. The standard InChI is InChI=1S/C21H21N3O3/c1-14-8-10-24(11-9-14)17-5-2-15(3-6-17)20-22-21(27-23-20)16-4-7-18-19(12-16)26-13-25-18/h2-7,12,14H,8-11,13H2,1H3. The van der Waals surface area contributed by atoms with Gasteiger partial charge in [0, 0.05) is 29.9 Å². The van der Waals surface area contributed by atoms with Crippen LogP contribution < -0.4 is 14.4 Å². The summed E-state index contributed by atoms with van der Waals surface area (Å²) in [5.41, 5.74) is 3.02. The van der Waals surface area contributed by atoms with Crippen molar-refractivity contribution in [2.75, 3.05) is 24.8 Å². The second-order valence-electron chi connectivity index (χ2n) is 7.21. The second-order valence-corrected chi connectivity index (χ2v) is 7.21. The largest absolute Gasteiger partial charge is 0.454 e. The molecule has 0 amide bonds.